The van der Waals surface area contributed by atoms with Crippen LogP contribution in [0.5, 0.6) is 0 Å². The summed E-state index contributed by atoms with van der Waals surface area (Å²) in [7, 11) is 0. The molecule has 0 unspecified atom stereocenters. The number of nitrogens with one attached hydrogen (secondary N) is 1. The largest absolute Gasteiger partial charge is 0.435 e. The number of carbonyl (C=O) groups excluding carboxylic acids is 1. The number of amides is 1. The lowest BCUT2D eigenvalue weighted by Gasteiger charge is -2.18. The number of carbonyl (C=O) groups is 1. The first kappa shape index (κ1) is 17.9. The number of alkyl halides is 3. The fourth-order valence-corrected chi connectivity index (χ4v) is 1.87. The van der Waals surface area contributed by atoms with E-state index >= 15 is 0 Å². The summed E-state index contributed by atoms with van der Waals surface area (Å²) in [5.74, 6) is -2.02. The zero-order chi connectivity index (χ0) is 18.1. The lowest BCUT2D eigenvalue weighted by atomic mass is 10.1. The lowest BCUT2D eigenvalue weighted by molar-refractivity contribution is -0.143. The third-order valence-electron chi connectivity index (χ3n) is 2.94. The van der Waals surface area contributed by atoms with Crippen molar-refractivity contribution >= 4 is 5.91 Å². The number of benzene rings is 1. The van der Waals surface area contributed by atoms with Crippen LogP contribution >= 0.6 is 0 Å². The van der Waals surface area contributed by atoms with Crippen LogP contribution < -0.4 is 11.1 Å². The standard InChI is InChI=1S/C14H15F4N5O/c1-13(2,19)7-20-12(24)10-11(14(16,17)18)23(22-21-10)9-6-4-3-5-8(9)15/h3-6H,7,19H2,1-2H3,(H,20,24). The molecule has 2 rings (SSSR count). The van der Waals surface area contributed by atoms with E-state index in [9.17, 15) is 22.4 Å². The number of halogens is 4. The summed E-state index contributed by atoms with van der Waals surface area (Å²) in [6.07, 6.45) is -4.96. The minimum Gasteiger partial charge on any atom is -0.349 e. The second-order valence-corrected chi connectivity index (χ2v) is 5.82. The molecule has 2 aromatic rings. The number of nitrogens with zero attached hydrogens (tertiary/aromatic N) is 3. The Bertz CT molecular complexity index is 748. The Kier molecular flexibility index (Phi) is 4.61. The van der Waals surface area contributed by atoms with Gasteiger partial charge in [0.05, 0.1) is 0 Å². The molecule has 0 bridgehead atoms. The van der Waals surface area contributed by atoms with Gasteiger partial charge in [0.15, 0.2) is 11.4 Å². The summed E-state index contributed by atoms with van der Waals surface area (Å²) in [6, 6.07) is 4.74. The van der Waals surface area contributed by atoms with Crippen LogP contribution in [0.1, 0.15) is 30.0 Å². The van der Waals surface area contributed by atoms with E-state index in [0.29, 0.717) is 0 Å². The van der Waals surface area contributed by atoms with Gasteiger partial charge < -0.3 is 11.1 Å². The Labute approximate surface area is 134 Å². The fourth-order valence-electron chi connectivity index (χ4n) is 1.87. The van der Waals surface area contributed by atoms with Crippen LogP contribution in [0, 0.1) is 5.82 Å². The molecule has 10 heteroatoms. The van der Waals surface area contributed by atoms with Gasteiger partial charge >= 0.3 is 6.18 Å². The van der Waals surface area contributed by atoms with Crippen LogP contribution in [0.15, 0.2) is 24.3 Å². The Morgan fingerprint density at radius 2 is 1.92 bits per heavy atom. The van der Waals surface area contributed by atoms with Gasteiger partial charge in [0.25, 0.3) is 5.91 Å². The quantitative estimate of drug-likeness (QED) is 0.829. The van der Waals surface area contributed by atoms with E-state index in [-0.39, 0.29) is 11.2 Å². The van der Waals surface area contributed by atoms with Crippen molar-refractivity contribution in [3.8, 4) is 5.69 Å². The van der Waals surface area contributed by atoms with Crippen LogP contribution in [0.4, 0.5) is 17.6 Å². The molecule has 0 radical (unpaired) electrons. The Balaban J connectivity index is 2.48. The minimum absolute atomic E-state index is 0.0737. The van der Waals surface area contributed by atoms with Crippen molar-refractivity contribution in [3.63, 3.8) is 0 Å². The normalized spacial score (nSPS) is 12.3. The van der Waals surface area contributed by atoms with Crippen LogP contribution in [-0.2, 0) is 6.18 Å². The van der Waals surface area contributed by atoms with Gasteiger partial charge in [0.2, 0.25) is 0 Å². The van der Waals surface area contributed by atoms with Gasteiger partial charge in [0.1, 0.15) is 11.5 Å². The number of rotatable bonds is 4. The molecule has 1 heterocycles. The van der Waals surface area contributed by atoms with Gasteiger partial charge in [-0.05, 0) is 26.0 Å². The summed E-state index contributed by atoms with van der Waals surface area (Å²) in [6.45, 7) is 3.11. The van der Waals surface area contributed by atoms with Crippen molar-refractivity contribution in [1.82, 2.24) is 20.3 Å². The first-order valence-electron chi connectivity index (χ1n) is 6.85. The second-order valence-electron chi connectivity index (χ2n) is 5.82. The zero-order valence-electron chi connectivity index (χ0n) is 12.9. The molecule has 1 aromatic carbocycles. The van der Waals surface area contributed by atoms with Gasteiger partial charge in [-0.25, -0.2) is 9.07 Å². The Morgan fingerprint density at radius 1 is 1.29 bits per heavy atom. The molecule has 0 fully saturated rings. The van der Waals surface area contributed by atoms with Crippen molar-refractivity contribution in [2.45, 2.75) is 25.6 Å². The highest BCUT2D eigenvalue weighted by atomic mass is 19.4. The third-order valence-corrected chi connectivity index (χ3v) is 2.94. The van der Waals surface area contributed by atoms with Crippen molar-refractivity contribution in [1.29, 1.82) is 0 Å². The van der Waals surface area contributed by atoms with E-state index in [2.05, 4.69) is 15.6 Å². The van der Waals surface area contributed by atoms with Gasteiger partial charge in [-0.2, -0.15) is 13.2 Å². The average molecular weight is 345 g/mol. The van der Waals surface area contributed by atoms with Gasteiger partial charge in [-0.1, -0.05) is 17.3 Å². The highest BCUT2D eigenvalue weighted by Gasteiger charge is 2.42. The molecule has 1 aromatic heterocycles. The predicted molar refractivity (Wildman–Crippen MR) is 76.9 cm³/mol. The maximum atomic E-state index is 13.8. The maximum Gasteiger partial charge on any atom is 0.435 e. The minimum atomic E-state index is -4.96. The van der Waals surface area contributed by atoms with E-state index in [1.807, 2.05) is 0 Å². The van der Waals surface area contributed by atoms with Crippen molar-refractivity contribution in [3.05, 3.63) is 41.5 Å². The summed E-state index contributed by atoms with van der Waals surface area (Å²) in [4.78, 5) is 12.0. The molecule has 0 saturated carbocycles. The van der Waals surface area contributed by atoms with Crippen LogP contribution in [0.2, 0.25) is 0 Å². The van der Waals surface area contributed by atoms with E-state index in [0.717, 1.165) is 12.1 Å². The first-order chi connectivity index (χ1) is 11.0. The molecule has 0 spiro atoms. The number of hydrogen-bond donors (Lipinski definition) is 2. The van der Waals surface area contributed by atoms with E-state index < -0.39 is 40.5 Å². The first-order valence-corrected chi connectivity index (χ1v) is 6.85. The van der Waals surface area contributed by atoms with Crippen molar-refractivity contribution in [2.24, 2.45) is 5.73 Å². The van der Waals surface area contributed by atoms with E-state index in [4.69, 9.17) is 5.73 Å². The highest BCUT2D eigenvalue weighted by molar-refractivity contribution is 5.93. The molecule has 0 aliphatic heterocycles. The molecule has 6 nitrogen and oxygen atoms in total. The lowest BCUT2D eigenvalue weighted by Crippen LogP contribution is -2.45. The number of aromatic nitrogens is 3. The van der Waals surface area contributed by atoms with Crippen LogP contribution in [0.3, 0.4) is 0 Å². The predicted octanol–water partition coefficient (Wildman–Crippen LogP) is 1.89. The molecule has 1 amide bonds. The van der Waals surface area contributed by atoms with Gasteiger partial charge in [0, 0.05) is 12.1 Å². The molecular weight excluding hydrogens is 330 g/mol. The molecule has 0 aliphatic rings. The smallest absolute Gasteiger partial charge is 0.349 e. The number of nitrogens with two attached hydrogens (primary N) is 1. The molecule has 0 aliphatic carbocycles. The third kappa shape index (κ3) is 3.88. The van der Waals surface area contributed by atoms with Gasteiger partial charge in [-0.3, -0.25) is 4.79 Å². The Morgan fingerprint density at radius 3 is 2.46 bits per heavy atom. The van der Waals surface area contributed by atoms with Crippen molar-refractivity contribution < 1.29 is 22.4 Å². The topological polar surface area (TPSA) is 85.8 Å². The number of para-hydroxylation sites is 1. The van der Waals surface area contributed by atoms with E-state index in [1.54, 1.807) is 13.8 Å². The summed E-state index contributed by atoms with van der Waals surface area (Å²) >= 11 is 0. The van der Waals surface area contributed by atoms with Crippen LogP contribution in [0.25, 0.3) is 5.69 Å². The van der Waals surface area contributed by atoms with Crippen LogP contribution in [-0.4, -0.2) is 33.0 Å². The molecule has 0 saturated heterocycles. The Hall–Kier alpha value is -2.49. The highest BCUT2D eigenvalue weighted by Crippen LogP contribution is 2.33. The second kappa shape index (κ2) is 6.19. The zero-order valence-corrected chi connectivity index (χ0v) is 12.9. The molecule has 24 heavy (non-hydrogen) atoms. The molecular formula is C14H15F4N5O. The van der Waals surface area contributed by atoms with E-state index in [1.165, 1.54) is 12.1 Å². The fraction of sp³-hybridized carbons (Fsp3) is 0.357. The number of hydrogen-bond acceptors (Lipinski definition) is 4. The molecule has 3 N–H and O–H groups in total. The maximum absolute atomic E-state index is 13.8. The summed E-state index contributed by atoms with van der Waals surface area (Å²) < 4.78 is 54.1. The molecule has 130 valence electrons. The average Bonchev–Trinajstić information content (AvgIpc) is 2.89. The van der Waals surface area contributed by atoms with Crippen molar-refractivity contribution in [2.75, 3.05) is 6.54 Å². The summed E-state index contributed by atoms with van der Waals surface area (Å²) in [5.41, 5.74) is 1.98. The SMILES string of the molecule is CC(C)(N)CNC(=O)c1nnn(-c2ccccc2F)c1C(F)(F)F. The summed E-state index contributed by atoms with van der Waals surface area (Å²) in [5, 5.41) is 8.83. The molecule has 0 atom stereocenters. The monoisotopic (exact) mass is 345 g/mol. The van der Waals surface area contributed by atoms with Gasteiger partial charge in [-0.15, -0.1) is 5.10 Å².